The number of aromatic nitrogens is 2. The highest BCUT2D eigenvalue weighted by Crippen LogP contribution is 2.39. The fourth-order valence-corrected chi connectivity index (χ4v) is 2.77. The number of imidazole rings is 1. The first-order valence-corrected chi connectivity index (χ1v) is 7.30. The molecule has 0 aliphatic heterocycles. The van der Waals surface area contributed by atoms with Crippen LogP contribution >= 0.6 is 10.7 Å². The zero-order chi connectivity index (χ0) is 11.3. The molecule has 1 aromatic carbocycles. The molecular formula is C10H9ClN2O2S. The maximum absolute atomic E-state index is 11.4. The maximum Gasteiger partial charge on any atom is 0.263 e. The Balaban J connectivity index is 2.29. The molecule has 1 N–H and O–H groups in total. The average molecular weight is 257 g/mol. The zero-order valence-electron chi connectivity index (χ0n) is 8.27. The predicted molar refractivity (Wildman–Crippen MR) is 61.1 cm³/mol. The van der Waals surface area contributed by atoms with Crippen LogP contribution in [0.4, 0.5) is 0 Å². The van der Waals surface area contributed by atoms with Crippen molar-refractivity contribution in [1.82, 2.24) is 9.97 Å². The van der Waals surface area contributed by atoms with Gasteiger partial charge in [0.25, 0.3) is 9.05 Å². The summed E-state index contributed by atoms with van der Waals surface area (Å²) in [6.07, 6.45) is 2.23. The van der Waals surface area contributed by atoms with E-state index in [0.29, 0.717) is 11.4 Å². The van der Waals surface area contributed by atoms with Crippen molar-refractivity contribution >= 4 is 30.8 Å². The summed E-state index contributed by atoms with van der Waals surface area (Å²) in [4.78, 5) is 7.54. The summed E-state index contributed by atoms with van der Waals surface area (Å²) in [6, 6.07) is 4.94. The number of benzene rings is 1. The quantitative estimate of drug-likeness (QED) is 0.839. The Labute approximate surface area is 97.1 Å². The van der Waals surface area contributed by atoms with Crippen molar-refractivity contribution in [3.05, 3.63) is 24.0 Å². The molecule has 4 nitrogen and oxygen atoms in total. The van der Waals surface area contributed by atoms with Crippen LogP contribution in [0.1, 0.15) is 24.6 Å². The monoisotopic (exact) mass is 256 g/mol. The van der Waals surface area contributed by atoms with Crippen molar-refractivity contribution in [2.75, 3.05) is 0 Å². The molecule has 3 rings (SSSR count). The molecule has 6 heteroatoms. The van der Waals surface area contributed by atoms with Crippen LogP contribution in [-0.2, 0) is 9.05 Å². The van der Waals surface area contributed by atoms with Gasteiger partial charge in [0.15, 0.2) is 0 Å². The lowest BCUT2D eigenvalue weighted by molar-refractivity contribution is 0.610. The van der Waals surface area contributed by atoms with Crippen molar-refractivity contribution in [2.45, 2.75) is 23.7 Å². The lowest BCUT2D eigenvalue weighted by Gasteiger charge is -1.95. The summed E-state index contributed by atoms with van der Waals surface area (Å²) >= 11 is 0. The summed E-state index contributed by atoms with van der Waals surface area (Å²) in [7, 11) is 1.63. The Hall–Kier alpha value is -1.07. The van der Waals surface area contributed by atoms with Gasteiger partial charge in [-0.1, -0.05) is 6.07 Å². The van der Waals surface area contributed by atoms with Crippen molar-refractivity contribution in [1.29, 1.82) is 0 Å². The Bertz CT molecular complexity index is 659. The van der Waals surface area contributed by atoms with E-state index in [4.69, 9.17) is 10.7 Å². The lowest BCUT2D eigenvalue weighted by atomic mass is 10.3. The summed E-state index contributed by atoms with van der Waals surface area (Å²) in [5.41, 5.74) is 1.17. The number of halogens is 1. The molecule has 1 fully saturated rings. The van der Waals surface area contributed by atoms with Crippen LogP contribution in [0, 0.1) is 0 Å². The highest BCUT2D eigenvalue weighted by atomic mass is 35.7. The smallest absolute Gasteiger partial charge is 0.263 e. The molecule has 1 aliphatic rings. The van der Waals surface area contributed by atoms with E-state index in [1.807, 2.05) is 0 Å². The Morgan fingerprint density at radius 2 is 2.12 bits per heavy atom. The normalized spacial score (nSPS) is 16.8. The van der Waals surface area contributed by atoms with Crippen LogP contribution in [0.5, 0.6) is 0 Å². The molecule has 1 aliphatic carbocycles. The van der Waals surface area contributed by atoms with Crippen LogP contribution in [0.15, 0.2) is 23.1 Å². The van der Waals surface area contributed by atoms with Gasteiger partial charge in [0, 0.05) is 16.6 Å². The summed E-state index contributed by atoms with van der Waals surface area (Å²) in [6.45, 7) is 0. The van der Waals surface area contributed by atoms with Crippen molar-refractivity contribution < 1.29 is 8.42 Å². The largest absolute Gasteiger partial charge is 0.342 e. The number of aromatic amines is 1. The summed E-state index contributed by atoms with van der Waals surface area (Å²) in [5, 5.41) is 0. The van der Waals surface area contributed by atoms with E-state index in [0.717, 1.165) is 24.2 Å². The second-order valence-electron chi connectivity index (χ2n) is 3.99. The van der Waals surface area contributed by atoms with E-state index in [-0.39, 0.29) is 4.90 Å². The lowest BCUT2D eigenvalue weighted by Crippen LogP contribution is -1.91. The topological polar surface area (TPSA) is 62.8 Å². The SMILES string of the molecule is O=S(=O)(Cl)c1cccc2[nH]c(C3CC3)nc12. The van der Waals surface area contributed by atoms with Crippen LogP contribution in [0.2, 0.25) is 0 Å². The van der Waals surface area contributed by atoms with E-state index in [9.17, 15) is 8.42 Å². The van der Waals surface area contributed by atoms with Gasteiger partial charge in [0.2, 0.25) is 0 Å². The van der Waals surface area contributed by atoms with Gasteiger partial charge in [-0.25, -0.2) is 13.4 Å². The number of nitrogens with one attached hydrogen (secondary N) is 1. The molecule has 16 heavy (non-hydrogen) atoms. The van der Waals surface area contributed by atoms with Gasteiger partial charge >= 0.3 is 0 Å². The van der Waals surface area contributed by atoms with Gasteiger partial charge in [0.1, 0.15) is 16.2 Å². The zero-order valence-corrected chi connectivity index (χ0v) is 9.85. The number of fused-ring (bicyclic) bond motifs is 1. The summed E-state index contributed by atoms with van der Waals surface area (Å²) in [5.74, 6) is 1.32. The second-order valence-corrected chi connectivity index (χ2v) is 6.52. The Morgan fingerprint density at radius 3 is 2.75 bits per heavy atom. The molecular weight excluding hydrogens is 248 g/mol. The maximum atomic E-state index is 11.4. The molecule has 0 unspecified atom stereocenters. The van der Waals surface area contributed by atoms with Crippen LogP contribution in [0.3, 0.4) is 0 Å². The minimum atomic E-state index is -3.73. The number of hydrogen-bond donors (Lipinski definition) is 1. The van der Waals surface area contributed by atoms with Crippen LogP contribution in [0.25, 0.3) is 11.0 Å². The van der Waals surface area contributed by atoms with E-state index >= 15 is 0 Å². The van der Waals surface area contributed by atoms with E-state index in [1.165, 1.54) is 6.07 Å². The van der Waals surface area contributed by atoms with Gasteiger partial charge in [-0.05, 0) is 25.0 Å². The molecule has 0 spiro atoms. The van der Waals surface area contributed by atoms with E-state index in [1.54, 1.807) is 12.1 Å². The highest BCUT2D eigenvalue weighted by molar-refractivity contribution is 8.14. The van der Waals surface area contributed by atoms with Gasteiger partial charge in [0.05, 0.1) is 5.52 Å². The van der Waals surface area contributed by atoms with Crippen LogP contribution in [-0.4, -0.2) is 18.4 Å². The third-order valence-corrected chi connectivity index (χ3v) is 4.07. The molecule has 1 saturated carbocycles. The molecule has 1 aromatic heterocycles. The highest BCUT2D eigenvalue weighted by Gasteiger charge is 2.28. The molecule has 84 valence electrons. The fraction of sp³-hybridized carbons (Fsp3) is 0.300. The first-order chi connectivity index (χ1) is 7.55. The first-order valence-electron chi connectivity index (χ1n) is 4.99. The minimum Gasteiger partial charge on any atom is -0.342 e. The standard InChI is InChI=1S/C10H9ClN2O2S/c11-16(14,15)8-3-1-2-7-9(8)13-10(12-7)6-4-5-6/h1-3,6H,4-5H2,(H,12,13). The van der Waals surface area contributed by atoms with Gasteiger partial charge in [-0.15, -0.1) is 0 Å². The van der Waals surface area contributed by atoms with Gasteiger partial charge < -0.3 is 4.98 Å². The van der Waals surface area contributed by atoms with Crippen LogP contribution < -0.4 is 0 Å². The summed E-state index contributed by atoms with van der Waals surface area (Å²) < 4.78 is 22.7. The third-order valence-electron chi connectivity index (χ3n) is 2.72. The molecule has 0 bridgehead atoms. The Morgan fingerprint density at radius 1 is 1.38 bits per heavy atom. The van der Waals surface area contributed by atoms with E-state index < -0.39 is 9.05 Å². The molecule has 0 amide bonds. The number of hydrogen-bond acceptors (Lipinski definition) is 3. The van der Waals surface area contributed by atoms with Gasteiger partial charge in [-0.2, -0.15) is 0 Å². The Kier molecular flexibility index (Phi) is 2.03. The number of H-pyrrole nitrogens is 1. The minimum absolute atomic E-state index is 0.0785. The number of rotatable bonds is 2. The molecule has 2 aromatic rings. The van der Waals surface area contributed by atoms with E-state index in [2.05, 4.69) is 9.97 Å². The molecule has 0 atom stereocenters. The van der Waals surface area contributed by atoms with Crippen molar-refractivity contribution in [2.24, 2.45) is 0 Å². The number of para-hydroxylation sites is 1. The predicted octanol–water partition coefficient (Wildman–Crippen LogP) is 2.37. The van der Waals surface area contributed by atoms with Gasteiger partial charge in [-0.3, -0.25) is 0 Å². The fourth-order valence-electron chi connectivity index (χ4n) is 1.77. The average Bonchev–Trinajstić information content (AvgIpc) is 2.95. The third kappa shape index (κ3) is 1.60. The molecule has 1 heterocycles. The number of nitrogens with zero attached hydrogens (tertiary/aromatic N) is 1. The van der Waals surface area contributed by atoms with Crippen molar-refractivity contribution in [3.63, 3.8) is 0 Å². The molecule has 0 radical (unpaired) electrons. The first kappa shape index (κ1) is 10.1. The second kappa shape index (κ2) is 3.21. The van der Waals surface area contributed by atoms with Crippen molar-refractivity contribution in [3.8, 4) is 0 Å². The molecule has 0 saturated heterocycles.